The first kappa shape index (κ1) is 21.0. The van der Waals surface area contributed by atoms with E-state index in [1.807, 2.05) is 0 Å². The van der Waals surface area contributed by atoms with E-state index in [1.165, 1.54) is 11.3 Å². The van der Waals surface area contributed by atoms with Crippen molar-refractivity contribution in [2.75, 3.05) is 18.5 Å². The van der Waals surface area contributed by atoms with Gasteiger partial charge >= 0.3 is 5.97 Å². The van der Waals surface area contributed by atoms with Gasteiger partial charge in [-0.15, -0.1) is 11.3 Å². The molecule has 0 radical (unpaired) electrons. The Morgan fingerprint density at radius 1 is 1.32 bits per heavy atom. The maximum Gasteiger partial charge on any atom is 0.341 e. The van der Waals surface area contributed by atoms with E-state index < -0.39 is 5.97 Å². The zero-order chi connectivity index (χ0) is 20.3. The van der Waals surface area contributed by atoms with Gasteiger partial charge in [0.05, 0.1) is 17.2 Å². The molecule has 0 saturated carbocycles. The van der Waals surface area contributed by atoms with Gasteiger partial charge in [-0.25, -0.2) is 4.79 Å². The highest BCUT2D eigenvalue weighted by Gasteiger charge is 2.29. The van der Waals surface area contributed by atoms with Crippen molar-refractivity contribution in [2.24, 2.45) is 5.92 Å². The molecule has 0 aliphatic heterocycles. The third-order valence-corrected chi connectivity index (χ3v) is 6.20. The van der Waals surface area contributed by atoms with Crippen LogP contribution in [0.5, 0.6) is 5.75 Å². The molecule has 1 aromatic carbocycles. The lowest BCUT2D eigenvalue weighted by Gasteiger charge is -2.18. The minimum Gasteiger partial charge on any atom is -0.482 e. The van der Waals surface area contributed by atoms with Crippen LogP contribution in [0.4, 0.5) is 5.00 Å². The van der Waals surface area contributed by atoms with Crippen molar-refractivity contribution in [3.63, 3.8) is 0 Å². The van der Waals surface area contributed by atoms with Crippen molar-refractivity contribution in [2.45, 2.75) is 33.1 Å². The van der Waals surface area contributed by atoms with Gasteiger partial charge in [-0.2, -0.15) is 0 Å². The van der Waals surface area contributed by atoms with E-state index in [0.717, 1.165) is 29.7 Å². The maximum absolute atomic E-state index is 12.5. The number of fused-ring (bicyclic) bond motifs is 1. The van der Waals surface area contributed by atoms with Crippen LogP contribution in [-0.2, 0) is 22.4 Å². The summed E-state index contributed by atoms with van der Waals surface area (Å²) in [4.78, 5) is 26.1. The van der Waals surface area contributed by atoms with Gasteiger partial charge in [0.1, 0.15) is 10.8 Å². The lowest BCUT2D eigenvalue weighted by Crippen LogP contribution is -2.21. The predicted octanol–water partition coefficient (Wildman–Crippen LogP) is 5.37. The number of rotatable bonds is 6. The van der Waals surface area contributed by atoms with E-state index >= 15 is 0 Å². The van der Waals surface area contributed by atoms with E-state index in [-0.39, 0.29) is 19.1 Å². The van der Waals surface area contributed by atoms with E-state index in [1.54, 1.807) is 25.1 Å². The molecular formula is C20H21Cl2NO4S. The van der Waals surface area contributed by atoms with Gasteiger partial charge in [0.25, 0.3) is 5.91 Å². The van der Waals surface area contributed by atoms with Gasteiger partial charge in [-0.05, 0) is 55.9 Å². The van der Waals surface area contributed by atoms with Gasteiger partial charge in [-0.1, -0.05) is 30.1 Å². The number of benzene rings is 1. The van der Waals surface area contributed by atoms with Crippen LogP contribution in [0.2, 0.25) is 10.0 Å². The topological polar surface area (TPSA) is 64.6 Å². The molecule has 1 atom stereocenters. The highest BCUT2D eigenvalue weighted by Crippen LogP contribution is 2.40. The Bertz CT molecular complexity index is 897. The first-order chi connectivity index (χ1) is 13.4. The Kier molecular flexibility index (Phi) is 6.86. The Balaban J connectivity index is 1.75. The van der Waals surface area contributed by atoms with Crippen LogP contribution in [-0.4, -0.2) is 25.1 Å². The van der Waals surface area contributed by atoms with Crippen LogP contribution in [0.3, 0.4) is 0 Å². The van der Waals surface area contributed by atoms with Crippen LogP contribution >= 0.6 is 34.5 Å². The first-order valence-electron chi connectivity index (χ1n) is 9.08. The molecule has 0 saturated heterocycles. The molecule has 1 heterocycles. The van der Waals surface area contributed by atoms with E-state index in [4.69, 9.17) is 32.7 Å². The average molecular weight is 442 g/mol. The largest absolute Gasteiger partial charge is 0.482 e. The van der Waals surface area contributed by atoms with Gasteiger partial charge in [-0.3, -0.25) is 4.79 Å². The van der Waals surface area contributed by atoms with Crippen molar-refractivity contribution >= 4 is 51.4 Å². The van der Waals surface area contributed by atoms with Crippen LogP contribution in [0.25, 0.3) is 0 Å². The molecular weight excluding hydrogens is 421 g/mol. The molecule has 1 N–H and O–H groups in total. The van der Waals surface area contributed by atoms with E-state index in [9.17, 15) is 9.59 Å². The molecule has 1 unspecified atom stereocenters. The predicted molar refractivity (Wildman–Crippen MR) is 112 cm³/mol. The molecule has 0 spiro atoms. The second kappa shape index (κ2) is 9.16. The zero-order valence-electron chi connectivity index (χ0n) is 15.6. The van der Waals surface area contributed by atoms with Gasteiger partial charge in [0.2, 0.25) is 0 Å². The third-order valence-electron chi connectivity index (χ3n) is 4.50. The molecule has 1 aliphatic carbocycles. The molecule has 0 bridgehead atoms. The quantitative estimate of drug-likeness (QED) is 0.611. The summed E-state index contributed by atoms with van der Waals surface area (Å²) in [6.45, 7) is 4.00. The summed E-state index contributed by atoms with van der Waals surface area (Å²) in [6.07, 6.45) is 2.73. The summed E-state index contributed by atoms with van der Waals surface area (Å²) < 4.78 is 10.7. The first-order valence-corrected chi connectivity index (χ1v) is 10.7. The van der Waals surface area contributed by atoms with Crippen molar-refractivity contribution in [3.8, 4) is 5.75 Å². The number of thiophene rings is 1. The molecule has 28 heavy (non-hydrogen) atoms. The SMILES string of the molecule is CCOC(=O)c1c(NC(=O)COc2ccc(Cl)cc2Cl)sc2c1CCC(C)C2. The number of ether oxygens (including phenoxy) is 2. The molecule has 3 rings (SSSR count). The minimum atomic E-state index is -0.397. The van der Waals surface area contributed by atoms with E-state index in [0.29, 0.717) is 32.3 Å². The highest BCUT2D eigenvalue weighted by molar-refractivity contribution is 7.17. The lowest BCUT2D eigenvalue weighted by atomic mass is 9.88. The van der Waals surface area contributed by atoms with Crippen molar-refractivity contribution in [1.82, 2.24) is 0 Å². The molecule has 8 heteroatoms. The molecule has 5 nitrogen and oxygen atoms in total. The van der Waals surface area contributed by atoms with Gasteiger partial charge in [0.15, 0.2) is 6.61 Å². The fourth-order valence-corrected chi connectivity index (χ4v) is 5.03. The molecule has 150 valence electrons. The smallest absolute Gasteiger partial charge is 0.341 e. The number of carbonyl (C=O) groups excluding carboxylic acids is 2. The summed E-state index contributed by atoms with van der Waals surface area (Å²) in [6, 6.07) is 4.78. The van der Waals surface area contributed by atoms with Gasteiger partial charge < -0.3 is 14.8 Å². The second-order valence-corrected chi connectivity index (χ2v) is 8.64. The number of nitrogens with one attached hydrogen (secondary N) is 1. The molecule has 1 aromatic heterocycles. The fraction of sp³-hybridized carbons (Fsp3) is 0.400. The summed E-state index contributed by atoms with van der Waals surface area (Å²) in [5, 5.41) is 4.14. The number of carbonyl (C=O) groups is 2. The normalized spacial score (nSPS) is 15.6. The Morgan fingerprint density at radius 3 is 2.82 bits per heavy atom. The monoisotopic (exact) mass is 441 g/mol. The third kappa shape index (κ3) is 4.80. The summed E-state index contributed by atoms with van der Waals surface area (Å²) >= 11 is 13.4. The standard InChI is InChI=1S/C20H21Cl2NO4S/c1-3-26-20(25)18-13-6-4-11(2)8-16(13)28-19(18)23-17(24)10-27-15-7-5-12(21)9-14(15)22/h5,7,9,11H,3-4,6,8,10H2,1-2H3,(H,23,24). The average Bonchev–Trinajstić information content (AvgIpc) is 2.97. The number of hydrogen-bond acceptors (Lipinski definition) is 5. The number of esters is 1. The highest BCUT2D eigenvalue weighted by atomic mass is 35.5. The van der Waals surface area contributed by atoms with Gasteiger partial charge in [0, 0.05) is 9.90 Å². The zero-order valence-corrected chi connectivity index (χ0v) is 18.0. The minimum absolute atomic E-state index is 0.234. The van der Waals surface area contributed by atoms with Crippen molar-refractivity contribution in [1.29, 1.82) is 0 Å². The number of halogens is 2. The summed E-state index contributed by atoms with van der Waals surface area (Å²) in [5.74, 6) is 0.154. The van der Waals surface area contributed by atoms with Crippen LogP contribution in [0, 0.1) is 5.92 Å². The molecule has 1 amide bonds. The van der Waals surface area contributed by atoms with Crippen LogP contribution in [0.1, 0.15) is 41.1 Å². The number of amides is 1. The Hall–Kier alpha value is -1.76. The molecule has 1 aliphatic rings. The van der Waals surface area contributed by atoms with Crippen LogP contribution in [0.15, 0.2) is 18.2 Å². The Labute approximate surface area is 177 Å². The van der Waals surface area contributed by atoms with Crippen molar-refractivity contribution in [3.05, 3.63) is 44.2 Å². The fourth-order valence-electron chi connectivity index (χ4n) is 3.16. The maximum atomic E-state index is 12.5. The lowest BCUT2D eigenvalue weighted by molar-refractivity contribution is -0.118. The Morgan fingerprint density at radius 2 is 2.11 bits per heavy atom. The van der Waals surface area contributed by atoms with Crippen molar-refractivity contribution < 1.29 is 19.1 Å². The second-order valence-electron chi connectivity index (χ2n) is 6.69. The molecule has 0 fully saturated rings. The molecule has 2 aromatic rings. The summed E-state index contributed by atoms with van der Waals surface area (Å²) in [7, 11) is 0. The van der Waals surface area contributed by atoms with Crippen LogP contribution < -0.4 is 10.1 Å². The number of anilines is 1. The summed E-state index contributed by atoms with van der Waals surface area (Å²) in [5.41, 5.74) is 1.48. The van der Waals surface area contributed by atoms with E-state index in [2.05, 4.69) is 12.2 Å². The number of hydrogen-bond donors (Lipinski definition) is 1.